The maximum absolute atomic E-state index is 12.1. The first kappa shape index (κ1) is 14.4. The molecule has 0 bridgehead atoms. The molecule has 0 unspecified atom stereocenters. The molecular formula is C15H14N4O2S. The molecule has 0 radical (unpaired) electrons. The lowest BCUT2D eigenvalue weighted by molar-refractivity contribution is 0.0954. The van der Waals surface area contributed by atoms with Crippen molar-refractivity contribution in [1.82, 2.24) is 20.4 Å². The summed E-state index contributed by atoms with van der Waals surface area (Å²) in [4.78, 5) is 20.4. The van der Waals surface area contributed by atoms with Gasteiger partial charge in [-0.25, -0.2) is 4.98 Å². The molecular weight excluding hydrogens is 300 g/mol. The molecule has 112 valence electrons. The number of aryl methyl sites for hydroxylation is 1. The van der Waals surface area contributed by atoms with E-state index in [1.165, 1.54) is 16.9 Å². The quantitative estimate of drug-likeness (QED) is 0.782. The van der Waals surface area contributed by atoms with Crippen LogP contribution in [0.5, 0.6) is 0 Å². The van der Waals surface area contributed by atoms with Gasteiger partial charge in [0, 0.05) is 11.9 Å². The van der Waals surface area contributed by atoms with Gasteiger partial charge < -0.3 is 9.84 Å². The molecule has 3 rings (SSSR count). The van der Waals surface area contributed by atoms with E-state index in [2.05, 4.69) is 20.4 Å². The first-order chi connectivity index (χ1) is 10.7. The van der Waals surface area contributed by atoms with Crippen LogP contribution >= 0.6 is 11.3 Å². The van der Waals surface area contributed by atoms with Crippen LogP contribution in [0.1, 0.15) is 21.2 Å². The van der Waals surface area contributed by atoms with E-state index in [-0.39, 0.29) is 5.91 Å². The number of thiazole rings is 1. The molecule has 0 atom stereocenters. The molecule has 2 aromatic heterocycles. The number of benzene rings is 1. The molecule has 1 aromatic carbocycles. The molecule has 1 amide bonds. The standard InChI is InChI=1S/C15H14N4O2S/c1-10-17-14(21-19-10)12-9-22-15(18-12)13(20)16-8-7-11-5-3-2-4-6-11/h2-6,9H,7-8H2,1H3,(H,16,20). The Balaban J connectivity index is 1.58. The molecule has 0 saturated carbocycles. The topological polar surface area (TPSA) is 80.9 Å². The zero-order valence-corrected chi connectivity index (χ0v) is 12.8. The third-order valence-electron chi connectivity index (χ3n) is 2.99. The Hall–Kier alpha value is -2.54. The molecule has 7 heteroatoms. The molecule has 0 fully saturated rings. The van der Waals surface area contributed by atoms with Crippen LogP contribution in [0.15, 0.2) is 40.2 Å². The molecule has 6 nitrogen and oxygen atoms in total. The lowest BCUT2D eigenvalue weighted by Gasteiger charge is -2.02. The molecule has 2 heterocycles. The fraction of sp³-hybridized carbons (Fsp3) is 0.200. The number of nitrogens with one attached hydrogen (secondary N) is 1. The van der Waals surface area contributed by atoms with Crippen molar-refractivity contribution < 1.29 is 9.32 Å². The smallest absolute Gasteiger partial charge is 0.280 e. The molecule has 0 spiro atoms. The molecule has 0 aliphatic heterocycles. The Kier molecular flexibility index (Phi) is 4.24. The monoisotopic (exact) mass is 314 g/mol. The molecule has 1 N–H and O–H groups in total. The van der Waals surface area contributed by atoms with Crippen molar-refractivity contribution in [3.05, 3.63) is 52.1 Å². The maximum atomic E-state index is 12.1. The van der Waals surface area contributed by atoms with Gasteiger partial charge in [-0.1, -0.05) is 35.5 Å². The number of hydrogen-bond acceptors (Lipinski definition) is 6. The fourth-order valence-corrected chi connectivity index (χ4v) is 2.63. The zero-order chi connectivity index (χ0) is 15.4. The number of nitrogens with zero attached hydrogens (tertiary/aromatic N) is 3. The van der Waals surface area contributed by atoms with Crippen molar-refractivity contribution in [1.29, 1.82) is 0 Å². The summed E-state index contributed by atoms with van der Waals surface area (Å²) in [7, 11) is 0. The Morgan fingerprint density at radius 2 is 2.09 bits per heavy atom. The Morgan fingerprint density at radius 1 is 1.27 bits per heavy atom. The van der Waals surface area contributed by atoms with Crippen molar-refractivity contribution in [3.63, 3.8) is 0 Å². The van der Waals surface area contributed by atoms with Crippen LogP contribution in [0, 0.1) is 6.92 Å². The Labute approximate surface area is 131 Å². The molecule has 22 heavy (non-hydrogen) atoms. The van der Waals surface area contributed by atoms with E-state index in [1.807, 2.05) is 30.3 Å². The van der Waals surface area contributed by atoms with E-state index < -0.39 is 0 Å². The summed E-state index contributed by atoms with van der Waals surface area (Å²) < 4.78 is 5.03. The van der Waals surface area contributed by atoms with Crippen molar-refractivity contribution in [2.45, 2.75) is 13.3 Å². The number of rotatable bonds is 5. The summed E-state index contributed by atoms with van der Waals surface area (Å²) in [6.45, 7) is 2.30. The van der Waals surface area contributed by atoms with E-state index in [1.54, 1.807) is 12.3 Å². The molecule has 0 aliphatic rings. The van der Waals surface area contributed by atoms with Gasteiger partial charge >= 0.3 is 0 Å². The summed E-state index contributed by atoms with van der Waals surface area (Å²) >= 11 is 1.26. The van der Waals surface area contributed by atoms with Crippen molar-refractivity contribution >= 4 is 17.2 Å². The first-order valence-electron chi connectivity index (χ1n) is 6.81. The normalized spacial score (nSPS) is 10.6. The van der Waals surface area contributed by atoms with Crippen LogP contribution in [0.3, 0.4) is 0 Å². The van der Waals surface area contributed by atoms with Crippen LogP contribution < -0.4 is 5.32 Å². The Bertz CT molecular complexity index is 767. The summed E-state index contributed by atoms with van der Waals surface area (Å²) in [5, 5.41) is 8.69. The average Bonchev–Trinajstić information content (AvgIpc) is 3.17. The number of carbonyl (C=O) groups excluding carboxylic acids is 1. The summed E-state index contributed by atoms with van der Waals surface area (Å²) in [5.41, 5.74) is 1.71. The highest BCUT2D eigenvalue weighted by Gasteiger charge is 2.15. The van der Waals surface area contributed by atoms with E-state index in [0.717, 1.165) is 6.42 Å². The summed E-state index contributed by atoms with van der Waals surface area (Å²) in [5.74, 6) is 0.678. The minimum absolute atomic E-state index is 0.191. The van der Waals surface area contributed by atoms with Gasteiger partial charge in [-0.05, 0) is 18.9 Å². The van der Waals surface area contributed by atoms with Gasteiger partial charge in [0.2, 0.25) is 0 Å². The summed E-state index contributed by atoms with van der Waals surface area (Å²) in [6, 6.07) is 10.0. The number of hydrogen-bond donors (Lipinski definition) is 1. The Morgan fingerprint density at radius 3 is 2.82 bits per heavy atom. The van der Waals surface area contributed by atoms with Crippen LogP contribution in [0.4, 0.5) is 0 Å². The molecule has 3 aromatic rings. The number of carbonyl (C=O) groups is 1. The summed E-state index contributed by atoms with van der Waals surface area (Å²) in [6.07, 6.45) is 0.785. The van der Waals surface area contributed by atoms with Gasteiger partial charge in [0.05, 0.1) is 0 Å². The van der Waals surface area contributed by atoms with Gasteiger partial charge in [0.1, 0.15) is 5.69 Å². The fourth-order valence-electron chi connectivity index (χ4n) is 1.92. The van der Waals surface area contributed by atoms with Gasteiger partial charge in [-0.15, -0.1) is 11.3 Å². The van der Waals surface area contributed by atoms with Gasteiger partial charge in [-0.3, -0.25) is 4.79 Å². The van der Waals surface area contributed by atoms with E-state index in [9.17, 15) is 4.79 Å². The van der Waals surface area contributed by atoms with Crippen LogP contribution in [-0.4, -0.2) is 27.6 Å². The highest BCUT2D eigenvalue weighted by atomic mass is 32.1. The zero-order valence-electron chi connectivity index (χ0n) is 11.9. The van der Waals surface area contributed by atoms with Crippen LogP contribution in [0.2, 0.25) is 0 Å². The molecule has 0 aliphatic carbocycles. The van der Waals surface area contributed by atoms with Crippen LogP contribution in [-0.2, 0) is 6.42 Å². The van der Waals surface area contributed by atoms with Gasteiger partial charge in [-0.2, -0.15) is 4.98 Å². The average molecular weight is 314 g/mol. The molecule has 0 saturated heterocycles. The second-order valence-electron chi connectivity index (χ2n) is 4.68. The van der Waals surface area contributed by atoms with Crippen molar-refractivity contribution in [3.8, 4) is 11.6 Å². The van der Waals surface area contributed by atoms with E-state index in [4.69, 9.17) is 4.52 Å². The highest BCUT2D eigenvalue weighted by molar-refractivity contribution is 7.12. The lowest BCUT2D eigenvalue weighted by Crippen LogP contribution is -2.25. The minimum Gasteiger partial charge on any atom is -0.350 e. The SMILES string of the molecule is Cc1noc(-c2csc(C(=O)NCCc3ccccc3)n2)n1. The van der Waals surface area contributed by atoms with E-state index >= 15 is 0 Å². The first-order valence-corrected chi connectivity index (χ1v) is 7.68. The third kappa shape index (κ3) is 3.37. The third-order valence-corrected chi connectivity index (χ3v) is 3.83. The number of aromatic nitrogens is 3. The van der Waals surface area contributed by atoms with E-state index in [0.29, 0.717) is 29.0 Å². The second kappa shape index (κ2) is 6.48. The van der Waals surface area contributed by atoms with Gasteiger partial charge in [0.15, 0.2) is 10.8 Å². The largest absolute Gasteiger partial charge is 0.350 e. The second-order valence-corrected chi connectivity index (χ2v) is 5.53. The van der Waals surface area contributed by atoms with Crippen molar-refractivity contribution in [2.75, 3.05) is 6.54 Å². The van der Waals surface area contributed by atoms with Gasteiger partial charge in [0.25, 0.3) is 11.8 Å². The van der Waals surface area contributed by atoms with Crippen molar-refractivity contribution in [2.24, 2.45) is 0 Å². The highest BCUT2D eigenvalue weighted by Crippen LogP contribution is 2.20. The predicted octanol–water partition coefficient (Wildman–Crippen LogP) is 2.47. The lowest BCUT2D eigenvalue weighted by atomic mass is 10.1. The maximum Gasteiger partial charge on any atom is 0.280 e. The predicted molar refractivity (Wildman–Crippen MR) is 82.6 cm³/mol. The minimum atomic E-state index is -0.191. The number of amides is 1. The van der Waals surface area contributed by atoms with Crippen LogP contribution in [0.25, 0.3) is 11.6 Å².